The van der Waals surface area contributed by atoms with Crippen molar-refractivity contribution in [1.82, 2.24) is 4.98 Å². The van der Waals surface area contributed by atoms with E-state index in [2.05, 4.69) is 35.9 Å². The number of pyridine rings is 1. The summed E-state index contributed by atoms with van der Waals surface area (Å²) in [6.45, 7) is 6.73. The number of hydrogen-bond acceptors (Lipinski definition) is 3. The molecule has 0 bridgehead atoms. The molecular weight excluding hydrogens is 272 g/mol. The Hall–Kier alpha value is -1.32. The van der Waals surface area contributed by atoms with Crippen molar-refractivity contribution in [3.63, 3.8) is 0 Å². The van der Waals surface area contributed by atoms with Gasteiger partial charge in [0.05, 0.1) is 0 Å². The summed E-state index contributed by atoms with van der Waals surface area (Å²) in [6.07, 6.45) is 3.20. The number of fused-ring (bicyclic) bond motifs is 1. The highest BCUT2D eigenvalue weighted by molar-refractivity contribution is 6.30. The number of aliphatic hydroxyl groups excluding tert-OH is 1. The largest absolute Gasteiger partial charge is 0.400 e. The summed E-state index contributed by atoms with van der Waals surface area (Å²) < 4.78 is 0. The van der Waals surface area contributed by atoms with E-state index in [0.717, 1.165) is 20.2 Å². The van der Waals surface area contributed by atoms with Crippen molar-refractivity contribution in [2.75, 3.05) is 25.1 Å². The molecule has 0 unspecified atom stereocenters. The Morgan fingerprint density at radius 2 is 1.90 bits per heavy atom. The van der Waals surface area contributed by atoms with Crippen LogP contribution in [0.5, 0.6) is 0 Å². The Balaban J connectivity index is 0.000000704. The minimum Gasteiger partial charge on any atom is -0.400 e. The second kappa shape index (κ2) is 6.42. The second-order valence-corrected chi connectivity index (χ2v) is 5.61. The molecule has 1 aliphatic rings. The Kier molecular flexibility index (Phi) is 4.84. The van der Waals surface area contributed by atoms with Gasteiger partial charge in [0.25, 0.3) is 0 Å². The van der Waals surface area contributed by atoms with E-state index in [-0.39, 0.29) is 0 Å². The summed E-state index contributed by atoms with van der Waals surface area (Å²) in [6, 6.07) is 6.46. The van der Waals surface area contributed by atoms with Crippen molar-refractivity contribution < 1.29 is 5.11 Å². The highest BCUT2D eigenvalue weighted by Gasteiger charge is 2.18. The predicted molar refractivity (Wildman–Crippen MR) is 85.8 cm³/mol. The first-order chi connectivity index (χ1) is 9.66. The third-order valence-electron chi connectivity index (χ3n) is 3.70. The molecule has 0 spiro atoms. The van der Waals surface area contributed by atoms with Crippen molar-refractivity contribution in [3.05, 3.63) is 35.1 Å². The summed E-state index contributed by atoms with van der Waals surface area (Å²) in [5.74, 6) is 0.497. The van der Waals surface area contributed by atoms with Gasteiger partial charge in [-0.1, -0.05) is 31.5 Å². The minimum atomic E-state index is 0.497. The smallest absolute Gasteiger partial charge is 0.129 e. The molecule has 0 amide bonds. The summed E-state index contributed by atoms with van der Waals surface area (Å²) in [7, 11) is 1.00. The third kappa shape index (κ3) is 2.74. The maximum atomic E-state index is 7.00. The monoisotopic (exact) mass is 292 g/mol. The van der Waals surface area contributed by atoms with Gasteiger partial charge in [0.1, 0.15) is 5.15 Å². The number of hydrogen-bond donors (Lipinski definition) is 1. The quantitative estimate of drug-likeness (QED) is 0.855. The van der Waals surface area contributed by atoms with Gasteiger partial charge in [-0.25, -0.2) is 4.98 Å². The molecule has 1 saturated heterocycles. The first-order valence-electron chi connectivity index (χ1n) is 6.94. The fourth-order valence-corrected chi connectivity index (χ4v) is 2.72. The number of nitrogens with zero attached hydrogens (tertiary/aromatic N) is 2. The van der Waals surface area contributed by atoms with E-state index < -0.39 is 0 Å². The van der Waals surface area contributed by atoms with Crippen LogP contribution in [0.15, 0.2) is 24.4 Å². The number of rotatable bonds is 2. The molecule has 1 aliphatic heterocycles. The summed E-state index contributed by atoms with van der Waals surface area (Å²) in [5, 5.41) is 10.0. The van der Waals surface area contributed by atoms with Crippen LogP contribution in [0.25, 0.3) is 10.8 Å². The molecule has 2 heterocycles. The van der Waals surface area contributed by atoms with Crippen molar-refractivity contribution in [2.24, 2.45) is 0 Å². The highest BCUT2D eigenvalue weighted by atomic mass is 35.5. The van der Waals surface area contributed by atoms with E-state index in [1.54, 1.807) is 0 Å². The van der Waals surface area contributed by atoms with E-state index >= 15 is 0 Å². The molecule has 3 rings (SSSR count). The first kappa shape index (κ1) is 15.1. The average Bonchev–Trinajstić information content (AvgIpc) is 2.38. The van der Waals surface area contributed by atoms with Gasteiger partial charge in [-0.3, -0.25) is 0 Å². The molecular formula is C16H21ClN2O. The van der Waals surface area contributed by atoms with Gasteiger partial charge in [-0.2, -0.15) is 0 Å². The number of benzene rings is 1. The lowest BCUT2D eigenvalue weighted by atomic mass is 9.95. The van der Waals surface area contributed by atoms with Crippen molar-refractivity contribution in [3.8, 4) is 0 Å². The van der Waals surface area contributed by atoms with Crippen LogP contribution < -0.4 is 4.90 Å². The van der Waals surface area contributed by atoms with E-state index in [1.165, 1.54) is 28.4 Å². The number of aromatic nitrogens is 1. The highest BCUT2D eigenvalue weighted by Crippen LogP contribution is 2.35. The normalized spacial score (nSPS) is 14.0. The predicted octanol–water partition coefficient (Wildman–Crippen LogP) is 3.83. The molecule has 0 saturated carbocycles. The average molecular weight is 293 g/mol. The first-order valence-corrected chi connectivity index (χ1v) is 7.32. The van der Waals surface area contributed by atoms with Crippen molar-refractivity contribution in [1.29, 1.82) is 0 Å². The Morgan fingerprint density at radius 1 is 1.20 bits per heavy atom. The van der Waals surface area contributed by atoms with Crippen LogP contribution in [0.4, 0.5) is 5.69 Å². The number of anilines is 1. The number of aliphatic hydroxyl groups is 1. The minimum absolute atomic E-state index is 0.497. The van der Waals surface area contributed by atoms with Crippen LogP contribution in [0.2, 0.25) is 5.15 Å². The molecule has 2 aromatic rings. The zero-order valence-corrected chi connectivity index (χ0v) is 13.0. The fraction of sp³-hybridized carbons (Fsp3) is 0.438. The molecule has 4 heteroatoms. The summed E-state index contributed by atoms with van der Waals surface area (Å²) >= 11 is 6.05. The van der Waals surface area contributed by atoms with Gasteiger partial charge in [0, 0.05) is 37.5 Å². The van der Waals surface area contributed by atoms with Gasteiger partial charge in [-0.15, -0.1) is 0 Å². The summed E-state index contributed by atoms with van der Waals surface area (Å²) in [5.41, 5.74) is 2.64. The van der Waals surface area contributed by atoms with Gasteiger partial charge >= 0.3 is 0 Å². The summed E-state index contributed by atoms with van der Waals surface area (Å²) in [4.78, 5) is 6.65. The molecule has 108 valence electrons. The van der Waals surface area contributed by atoms with E-state index in [1.807, 2.05) is 12.3 Å². The molecule has 1 aromatic carbocycles. The Labute approximate surface area is 125 Å². The van der Waals surface area contributed by atoms with Crippen LogP contribution in [-0.4, -0.2) is 30.3 Å². The van der Waals surface area contributed by atoms with E-state index in [4.69, 9.17) is 16.7 Å². The number of halogens is 1. The zero-order chi connectivity index (χ0) is 14.7. The van der Waals surface area contributed by atoms with Crippen LogP contribution in [0.1, 0.15) is 31.7 Å². The molecule has 0 radical (unpaired) electrons. The molecule has 1 fully saturated rings. The maximum Gasteiger partial charge on any atom is 0.129 e. The lowest BCUT2D eigenvalue weighted by Gasteiger charge is -2.34. The van der Waals surface area contributed by atoms with Gasteiger partial charge in [0.2, 0.25) is 0 Å². The van der Waals surface area contributed by atoms with Gasteiger partial charge in [0.15, 0.2) is 0 Å². The third-order valence-corrected chi connectivity index (χ3v) is 3.90. The standard InChI is InChI=1S/C15H17ClN2.CH4O/c1-10(2)11-4-5-14(18-6-3-7-18)13-9-17-15(16)8-12(11)13;1-2/h4-5,8-10H,3,6-7H2,1-2H3;2H,1H3. The molecule has 0 aliphatic carbocycles. The molecule has 3 nitrogen and oxygen atoms in total. The second-order valence-electron chi connectivity index (χ2n) is 5.22. The zero-order valence-electron chi connectivity index (χ0n) is 12.2. The Morgan fingerprint density at radius 3 is 2.45 bits per heavy atom. The van der Waals surface area contributed by atoms with Gasteiger partial charge < -0.3 is 10.0 Å². The van der Waals surface area contributed by atoms with E-state index in [9.17, 15) is 0 Å². The van der Waals surface area contributed by atoms with Crippen LogP contribution in [-0.2, 0) is 0 Å². The SMILES string of the molecule is CC(C)c1ccc(N2CCC2)c2cnc(Cl)cc12.CO. The lowest BCUT2D eigenvalue weighted by molar-refractivity contribution is 0.399. The Bertz CT molecular complexity index is 594. The van der Waals surface area contributed by atoms with Crippen molar-refractivity contribution in [2.45, 2.75) is 26.2 Å². The van der Waals surface area contributed by atoms with Crippen molar-refractivity contribution >= 4 is 28.1 Å². The molecule has 20 heavy (non-hydrogen) atoms. The van der Waals surface area contributed by atoms with E-state index in [0.29, 0.717) is 11.1 Å². The van der Waals surface area contributed by atoms with Crippen LogP contribution in [0.3, 0.4) is 0 Å². The lowest BCUT2D eigenvalue weighted by Crippen LogP contribution is -2.37. The molecule has 0 atom stereocenters. The van der Waals surface area contributed by atoms with Gasteiger partial charge in [-0.05, 0) is 35.4 Å². The fourth-order valence-electron chi connectivity index (χ4n) is 2.56. The van der Waals surface area contributed by atoms with Crippen LogP contribution in [0, 0.1) is 0 Å². The molecule has 1 aromatic heterocycles. The maximum absolute atomic E-state index is 7.00. The topological polar surface area (TPSA) is 36.4 Å². The van der Waals surface area contributed by atoms with Crippen LogP contribution >= 0.6 is 11.6 Å². The molecule has 1 N–H and O–H groups in total.